The first kappa shape index (κ1) is 14.2. The largest absolute Gasteiger partial charge is 0.352 e. The van der Waals surface area contributed by atoms with E-state index < -0.39 is 0 Å². The van der Waals surface area contributed by atoms with Gasteiger partial charge in [-0.1, -0.05) is 29.3 Å². The van der Waals surface area contributed by atoms with E-state index in [1.807, 2.05) is 0 Å². The molecule has 0 radical (unpaired) electrons. The summed E-state index contributed by atoms with van der Waals surface area (Å²) < 4.78 is 0. The van der Waals surface area contributed by atoms with E-state index in [2.05, 4.69) is 15.6 Å². The molecule has 21 heavy (non-hydrogen) atoms. The fraction of sp³-hybridized carbons (Fsp3) is 0.200. The van der Waals surface area contributed by atoms with Gasteiger partial charge in [0.05, 0.1) is 27.6 Å². The van der Waals surface area contributed by atoms with Crippen molar-refractivity contribution in [3.63, 3.8) is 0 Å². The lowest BCUT2D eigenvalue weighted by Crippen LogP contribution is -2.26. The lowest BCUT2D eigenvalue weighted by molar-refractivity contribution is 0.0946. The van der Waals surface area contributed by atoms with E-state index in [9.17, 15) is 4.79 Å². The lowest BCUT2D eigenvalue weighted by atomic mass is 10.2. The van der Waals surface area contributed by atoms with Gasteiger partial charge >= 0.3 is 0 Å². The highest BCUT2D eigenvalue weighted by Gasteiger charge is 2.24. The molecule has 6 heteroatoms. The van der Waals surface area contributed by atoms with Gasteiger partial charge in [0.25, 0.3) is 5.91 Å². The van der Waals surface area contributed by atoms with E-state index in [1.165, 1.54) is 0 Å². The topological polar surface area (TPSA) is 54.0 Å². The highest BCUT2D eigenvalue weighted by Crippen LogP contribution is 2.32. The summed E-state index contributed by atoms with van der Waals surface area (Å²) in [6, 6.07) is 9.04. The van der Waals surface area contributed by atoms with E-state index >= 15 is 0 Å². The number of halogens is 2. The second-order valence-corrected chi connectivity index (χ2v) is 5.72. The molecule has 1 saturated carbocycles. The van der Waals surface area contributed by atoms with E-state index in [0.717, 1.165) is 12.8 Å². The molecule has 1 amide bonds. The predicted octanol–water partition coefficient (Wildman–Crippen LogP) is 4.02. The third kappa shape index (κ3) is 3.46. The van der Waals surface area contributed by atoms with Gasteiger partial charge in [0.2, 0.25) is 0 Å². The van der Waals surface area contributed by atoms with Crippen molar-refractivity contribution in [3.05, 3.63) is 52.3 Å². The fourth-order valence-corrected chi connectivity index (χ4v) is 2.34. The molecule has 0 saturated heterocycles. The summed E-state index contributed by atoms with van der Waals surface area (Å²) in [5.41, 5.74) is 1.74. The zero-order valence-corrected chi connectivity index (χ0v) is 12.6. The number of hydrogen-bond acceptors (Lipinski definition) is 3. The molecule has 3 rings (SSSR count). The van der Waals surface area contributed by atoms with Crippen LogP contribution in [-0.2, 0) is 0 Å². The van der Waals surface area contributed by atoms with Crippen molar-refractivity contribution in [1.82, 2.24) is 10.3 Å². The van der Waals surface area contributed by atoms with Crippen molar-refractivity contribution in [2.75, 3.05) is 5.32 Å². The molecule has 0 bridgehead atoms. The third-order valence-corrected chi connectivity index (χ3v) is 3.77. The normalized spacial score (nSPS) is 13.8. The number of carbonyl (C=O) groups is 1. The Balaban J connectivity index is 1.73. The second-order valence-electron chi connectivity index (χ2n) is 4.90. The van der Waals surface area contributed by atoms with Gasteiger partial charge in [-0.05, 0) is 37.1 Å². The molecule has 108 valence electrons. The van der Waals surface area contributed by atoms with Gasteiger partial charge < -0.3 is 10.6 Å². The van der Waals surface area contributed by atoms with Gasteiger partial charge in [-0.25, -0.2) is 4.98 Å². The minimum Gasteiger partial charge on any atom is -0.352 e. The number of benzene rings is 1. The number of nitrogens with one attached hydrogen (secondary N) is 2. The molecule has 1 fully saturated rings. The maximum Gasteiger partial charge on any atom is 0.270 e. The molecule has 1 aromatic heterocycles. The third-order valence-electron chi connectivity index (χ3n) is 3.14. The highest BCUT2D eigenvalue weighted by atomic mass is 35.5. The van der Waals surface area contributed by atoms with Gasteiger partial charge in [0.1, 0.15) is 5.69 Å². The van der Waals surface area contributed by atoms with Crippen molar-refractivity contribution >= 4 is 40.5 Å². The molecule has 2 aromatic rings. The summed E-state index contributed by atoms with van der Waals surface area (Å²) in [6.07, 6.45) is 3.69. The Bertz CT molecular complexity index is 649. The highest BCUT2D eigenvalue weighted by molar-refractivity contribution is 6.39. The maximum atomic E-state index is 11.8. The van der Waals surface area contributed by atoms with Crippen LogP contribution in [0, 0.1) is 0 Å². The van der Waals surface area contributed by atoms with Crippen LogP contribution < -0.4 is 10.6 Å². The molecule has 1 aromatic carbocycles. The van der Waals surface area contributed by atoms with Crippen LogP contribution in [0.2, 0.25) is 10.0 Å². The number of amides is 1. The number of pyridine rings is 1. The van der Waals surface area contributed by atoms with E-state index in [-0.39, 0.29) is 5.91 Å². The Morgan fingerprint density at radius 1 is 1.14 bits per heavy atom. The molecule has 0 atom stereocenters. The SMILES string of the molecule is O=C(NC1CC1)c1ccc(Nc2c(Cl)cccc2Cl)cn1. The molecular weight excluding hydrogens is 309 g/mol. The van der Waals surface area contributed by atoms with Crippen LogP contribution >= 0.6 is 23.2 Å². The molecule has 1 aliphatic carbocycles. The zero-order valence-electron chi connectivity index (χ0n) is 11.1. The van der Waals surface area contributed by atoms with Crippen LogP contribution in [0.4, 0.5) is 11.4 Å². The van der Waals surface area contributed by atoms with Crippen LogP contribution in [0.1, 0.15) is 23.3 Å². The molecule has 0 unspecified atom stereocenters. The minimum absolute atomic E-state index is 0.139. The standard InChI is InChI=1S/C15H13Cl2N3O/c16-11-2-1-3-12(17)14(11)19-10-6-7-13(18-8-10)15(21)20-9-4-5-9/h1-3,6-9,19H,4-5H2,(H,20,21). The maximum absolute atomic E-state index is 11.8. The smallest absolute Gasteiger partial charge is 0.270 e. The average Bonchev–Trinajstić information content (AvgIpc) is 3.28. The van der Waals surface area contributed by atoms with Crippen molar-refractivity contribution in [2.45, 2.75) is 18.9 Å². The van der Waals surface area contributed by atoms with Gasteiger partial charge in [-0.15, -0.1) is 0 Å². The van der Waals surface area contributed by atoms with Crippen LogP contribution in [0.15, 0.2) is 36.5 Å². The summed E-state index contributed by atoms with van der Waals surface area (Å²) in [5.74, 6) is -0.139. The first-order valence-electron chi connectivity index (χ1n) is 6.61. The van der Waals surface area contributed by atoms with Crippen molar-refractivity contribution in [3.8, 4) is 0 Å². The van der Waals surface area contributed by atoms with E-state index in [1.54, 1.807) is 36.5 Å². The van der Waals surface area contributed by atoms with Crippen molar-refractivity contribution in [1.29, 1.82) is 0 Å². The van der Waals surface area contributed by atoms with Crippen molar-refractivity contribution in [2.24, 2.45) is 0 Å². The van der Waals surface area contributed by atoms with Crippen molar-refractivity contribution < 1.29 is 4.79 Å². The number of anilines is 2. The molecule has 1 heterocycles. The molecule has 2 N–H and O–H groups in total. The van der Waals surface area contributed by atoms with Crippen LogP contribution in [0.25, 0.3) is 0 Å². The predicted molar refractivity (Wildman–Crippen MR) is 84.5 cm³/mol. The number of carbonyl (C=O) groups excluding carboxylic acids is 1. The van der Waals surface area contributed by atoms with Crippen LogP contribution in [0.5, 0.6) is 0 Å². The number of aromatic nitrogens is 1. The minimum atomic E-state index is -0.139. The summed E-state index contributed by atoms with van der Waals surface area (Å²) >= 11 is 12.2. The zero-order chi connectivity index (χ0) is 14.8. The number of para-hydroxylation sites is 1. The van der Waals surface area contributed by atoms with Crippen LogP contribution in [0.3, 0.4) is 0 Å². The molecule has 1 aliphatic rings. The Labute approximate surface area is 132 Å². The van der Waals surface area contributed by atoms with Gasteiger partial charge in [0, 0.05) is 6.04 Å². The Morgan fingerprint density at radius 2 is 1.86 bits per heavy atom. The lowest BCUT2D eigenvalue weighted by Gasteiger charge is -2.10. The molecular formula is C15H13Cl2N3O. The number of nitrogens with zero attached hydrogens (tertiary/aromatic N) is 1. The quantitative estimate of drug-likeness (QED) is 0.894. The summed E-state index contributed by atoms with van der Waals surface area (Å²) in [7, 11) is 0. The second kappa shape index (κ2) is 5.92. The number of rotatable bonds is 4. The number of hydrogen-bond donors (Lipinski definition) is 2. The molecule has 0 aliphatic heterocycles. The Hall–Kier alpha value is -1.78. The first-order valence-corrected chi connectivity index (χ1v) is 7.37. The fourth-order valence-electron chi connectivity index (χ4n) is 1.85. The van der Waals surface area contributed by atoms with E-state index in [4.69, 9.17) is 23.2 Å². The van der Waals surface area contributed by atoms with Gasteiger partial charge in [-0.2, -0.15) is 0 Å². The summed E-state index contributed by atoms with van der Waals surface area (Å²) in [5, 5.41) is 7.05. The summed E-state index contributed by atoms with van der Waals surface area (Å²) in [6.45, 7) is 0. The van der Waals surface area contributed by atoms with Crippen LogP contribution in [-0.4, -0.2) is 16.9 Å². The molecule has 0 spiro atoms. The Kier molecular flexibility index (Phi) is 3.99. The summed E-state index contributed by atoms with van der Waals surface area (Å²) in [4.78, 5) is 16.0. The monoisotopic (exact) mass is 321 g/mol. The van der Waals surface area contributed by atoms with E-state index in [0.29, 0.717) is 33.2 Å². The first-order chi connectivity index (χ1) is 10.1. The average molecular weight is 322 g/mol. The van der Waals surface area contributed by atoms with Gasteiger partial charge in [-0.3, -0.25) is 4.79 Å². The molecule has 4 nitrogen and oxygen atoms in total. The van der Waals surface area contributed by atoms with Gasteiger partial charge in [0.15, 0.2) is 0 Å². The Morgan fingerprint density at radius 3 is 2.43 bits per heavy atom.